The predicted molar refractivity (Wildman–Crippen MR) is 100 cm³/mol. The van der Waals surface area contributed by atoms with Gasteiger partial charge in [-0.1, -0.05) is 68.7 Å². The third-order valence-corrected chi connectivity index (χ3v) is 4.10. The first-order valence-electron chi connectivity index (χ1n) is 8.91. The molecule has 0 atom stereocenters. The van der Waals surface area contributed by atoms with Crippen LogP contribution in [0.25, 0.3) is 11.1 Å². The van der Waals surface area contributed by atoms with Crippen molar-refractivity contribution in [1.82, 2.24) is 0 Å². The number of allylic oxidation sites excluding steroid dienone is 1. The Hall–Kier alpha value is -2.09. The van der Waals surface area contributed by atoms with E-state index in [4.69, 9.17) is 4.74 Å². The van der Waals surface area contributed by atoms with Gasteiger partial charge in [0.25, 0.3) is 0 Å². The largest absolute Gasteiger partial charge is 0.494 e. The van der Waals surface area contributed by atoms with Crippen LogP contribution in [0.4, 0.5) is 4.39 Å². The smallest absolute Gasteiger partial charge is 0.119 e. The van der Waals surface area contributed by atoms with E-state index in [9.17, 15) is 4.39 Å². The van der Waals surface area contributed by atoms with Gasteiger partial charge in [0.15, 0.2) is 0 Å². The van der Waals surface area contributed by atoms with Crippen LogP contribution in [0, 0.1) is 0 Å². The van der Waals surface area contributed by atoms with Crippen LogP contribution in [0.2, 0.25) is 0 Å². The van der Waals surface area contributed by atoms with Crippen molar-refractivity contribution in [2.45, 2.75) is 45.4 Å². The highest BCUT2D eigenvalue weighted by Gasteiger charge is 2.00. The van der Waals surface area contributed by atoms with Crippen molar-refractivity contribution >= 4 is 0 Å². The number of ether oxygens (including phenoxy) is 1. The van der Waals surface area contributed by atoms with Crippen LogP contribution in [0.15, 0.2) is 60.9 Å². The van der Waals surface area contributed by atoms with E-state index in [1.54, 1.807) is 6.08 Å². The molecule has 2 heteroatoms. The van der Waals surface area contributed by atoms with Crippen molar-refractivity contribution in [2.75, 3.05) is 6.61 Å². The third kappa shape index (κ3) is 6.19. The number of benzene rings is 2. The third-order valence-electron chi connectivity index (χ3n) is 4.10. The van der Waals surface area contributed by atoms with Gasteiger partial charge < -0.3 is 4.74 Å². The molecule has 0 bridgehead atoms. The maximum Gasteiger partial charge on any atom is 0.119 e. The fraction of sp³-hybridized carbons (Fsp3) is 0.364. The quantitative estimate of drug-likeness (QED) is 0.440. The van der Waals surface area contributed by atoms with Crippen LogP contribution in [-0.4, -0.2) is 6.61 Å². The fourth-order valence-corrected chi connectivity index (χ4v) is 2.64. The molecule has 0 aliphatic rings. The summed E-state index contributed by atoms with van der Waals surface area (Å²) in [5, 5.41) is 0. The summed E-state index contributed by atoms with van der Waals surface area (Å²) in [5.74, 6) is 0.935. The van der Waals surface area contributed by atoms with Crippen molar-refractivity contribution in [3.05, 3.63) is 66.5 Å². The molecule has 0 aliphatic carbocycles. The molecule has 2 aromatic carbocycles. The van der Waals surface area contributed by atoms with Gasteiger partial charge in [-0.3, -0.25) is 0 Å². The minimum absolute atomic E-state index is 0.613. The summed E-state index contributed by atoms with van der Waals surface area (Å²) in [4.78, 5) is 0. The minimum Gasteiger partial charge on any atom is -0.494 e. The molecule has 0 saturated carbocycles. The van der Waals surface area contributed by atoms with Crippen molar-refractivity contribution < 1.29 is 9.13 Å². The summed E-state index contributed by atoms with van der Waals surface area (Å²) >= 11 is 0. The lowest BCUT2D eigenvalue weighted by molar-refractivity contribution is 0.305. The van der Waals surface area contributed by atoms with Crippen LogP contribution >= 0.6 is 0 Å². The number of halogens is 1. The topological polar surface area (TPSA) is 9.23 Å². The summed E-state index contributed by atoms with van der Waals surface area (Å²) in [6.45, 7) is 3.01. The maximum absolute atomic E-state index is 12.0. The lowest BCUT2D eigenvalue weighted by atomic mass is 10.0. The lowest BCUT2D eigenvalue weighted by Crippen LogP contribution is -1.96. The Morgan fingerprint density at radius 2 is 1.54 bits per heavy atom. The molecule has 0 saturated heterocycles. The zero-order valence-corrected chi connectivity index (χ0v) is 14.5. The molecule has 0 spiro atoms. The molecule has 0 unspecified atom stereocenters. The van der Waals surface area contributed by atoms with Crippen LogP contribution in [0.5, 0.6) is 5.75 Å². The van der Waals surface area contributed by atoms with E-state index in [1.165, 1.54) is 36.0 Å². The normalized spacial score (nSPS) is 11.1. The van der Waals surface area contributed by atoms with Gasteiger partial charge in [-0.2, -0.15) is 0 Å². The molecule has 0 heterocycles. The first-order chi connectivity index (χ1) is 11.8. The average Bonchev–Trinajstić information content (AvgIpc) is 2.63. The summed E-state index contributed by atoms with van der Waals surface area (Å²) in [7, 11) is 0. The van der Waals surface area contributed by atoms with E-state index >= 15 is 0 Å². The van der Waals surface area contributed by atoms with Gasteiger partial charge >= 0.3 is 0 Å². The van der Waals surface area contributed by atoms with Gasteiger partial charge in [-0.15, -0.1) is 0 Å². The average molecular weight is 326 g/mol. The van der Waals surface area contributed by atoms with Crippen LogP contribution in [-0.2, 0) is 6.42 Å². The Bertz CT molecular complexity index is 599. The number of aryl methyl sites for hydroxylation is 1. The predicted octanol–water partition coefficient (Wildman–Crippen LogP) is 6.73. The van der Waals surface area contributed by atoms with E-state index in [2.05, 4.69) is 43.3 Å². The highest BCUT2D eigenvalue weighted by molar-refractivity contribution is 5.64. The second kappa shape index (κ2) is 10.6. The van der Waals surface area contributed by atoms with Gasteiger partial charge in [0.2, 0.25) is 0 Å². The number of hydrogen-bond acceptors (Lipinski definition) is 1. The van der Waals surface area contributed by atoms with Crippen molar-refractivity contribution in [3.8, 4) is 16.9 Å². The molecule has 128 valence electrons. The van der Waals surface area contributed by atoms with E-state index < -0.39 is 0 Å². The Kier molecular flexibility index (Phi) is 8.09. The first kappa shape index (κ1) is 18.3. The summed E-state index contributed by atoms with van der Waals surface area (Å²) in [6, 6.07) is 16.7. The van der Waals surface area contributed by atoms with Gasteiger partial charge in [0.1, 0.15) is 5.75 Å². The molecule has 0 aromatic heterocycles. The molecule has 0 aliphatic heterocycles. The van der Waals surface area contributed by atoms with Crippen molar-refractivity contribution in [1.29, 1.82) is 0 Å². The van der Waals surface area contributed by atoms with Crippen molar-refractivity contribution in [2.24, 2.45) is 0 Å². The van der Waals surface area contributed by atoms with Gasteiger partial charge in [0, 0.05) is 0 Å². The first-order valence-corrected chi connectivity index (χ1v) is 8.91. The molecule has 24 heavy (non-hydrogen) atoms. The van der Waals surface area contributed by atoms with E-state index in [0.717, 1.165) is 31.6 Å². The van der Waals surface area contributed by atoms with Gasteiger partial charge in [0.05, 0.1) is 12.9 Å². The lowest BCUT2D eigenvalue weighted by Gasteiger charge is -2.08. The monoisotopic (exact) mass is 326 g/mol. The molecule has 0 radical (unpaired) electrons. The van der Waals surface area contributed by atoms with Crippen LogP contribution in [0.1, 0.15) is 44.6 Å². The molecule has 2 rings (SSSR count). The Balaban J connectivity index is 1.85. The number of unbranched alkanes of at least 4 members (excludes halogenated alkanes) is 3. The molecule has 0 fully saturated rings. The molecule has 0 amide bonds. The molecular weight excluding hydrogens is 299 g/mol. The maximum atomic E-state index is 12.0. The molecule has 0 N–H and O–H groups in total. The Labute approximate surface area is 145 Å². The molecular formula is C22H27FO. The summed E-state index contributed by atoms with van der Waals surface area (Å²) in [6.07, 6.45) is 8.65. The highest BCUT2D eigenvalue weighted by Crippen LogP contribution is 2.23. The van der Waals surface area contributed by atoms with E-state index in [-0.39, 0.29) is 0 Å². The summed E-state index contributed by atoms with van der Waals surface area (Å²) in [5.41, 5.74) is 3.60. The second-order valence-corrected chi connectivity index (χ2v) is 6.03. The van der Waals surface area contributed by atoms with Gasteiger partial charge in [-0.05, 0) is 48.1 Å². The van der Waals surface area contributed by atoms with Crippen molar-refractivity contribution in [3.63, 3.8) is 0 Å². The van der Waals surface area contributed by atoms with Gasteiger partial charge in [-0.25, -0.2) is 4.39 Å². The molecule has 2 aromatic rings. The zero-order chi connectivity index (χ0) is 17.0. The summed E-state index contributed by atoms with van der Waals surface area (Å²) < 4.78 is 17.7. The minimum atomic E-state index is 0.613. The second-order valence-electron chi connectivity index (χ2n) is 6.03. The van der Waals surface area contributed by atoms with E-state index in [0.29, 0.717) is 6.33 Å². The number of hydrogen-bond donors (Lipinski definition) is 0. The van der Waals surface area contributed by atoms with E-state index in [1.807, 2.05) is 12.1 Å². The Morgan fingerprint density at radius 3 is 2.17 bits per heavy atom. The SMILES string of the molecule is CCCCCCOc1ccc(-c2ccc(CC/C=C/F)cc2)cc1. The molecule has 1 nitrogen and oxygen atoms in total. The zero-order valence-electron chi connectivity index (χ0n) is 14.5. The number of rotatable bonds is 10. The van der Waals surface area contributed by atoms with Crippen LogP contribution in [0.3, 0.4) is 0 Å². The Morgan fingerprint density at radius 1 is 0.875 bits per heavy atom. The standard InChI is InChI=1S/C22H27FO/c1-2-3-4-7-18-24-22-15-13-21(14-16-22)20-11-9-19(10-12-20)8-5-6-17-23/h6,9-17H,2-5,7-8,18H2,1H3/b17-6+. The van der Waals surface area contributed by atoms with Crippen LogP contribution < -0.4 is 4.74 Å². The highest BCUT2D eigenvalue weighted by atomic mass is 19.1. The fourth-order valence-electron chi connectivity index (χ4n) is 2.64.